The lowest BCUT2D eigenvalue weighted by atomic mass is 9.85. The Morgan fingerprint density at radius 1 is 1.32 bits per heavy atom. The molecule has 5 nitrogen and oxygen atoms in total. The summed E-state index contributed by atoms with van der Waals surface area (Å²) in [6, 6.07) is 0.466. The molecule has 1 saturated heterocycles. The van der Waals surface area contributed by atoms with E-state index >= 15 is 0 Å². The minimum atomic E-state index is -0.552. The largest absolute Gasteiger partial charge is 0.388 e. The number of nitrogens with one attached hydrogen (secondary N) is 2. The first-order valence-corrected chi connectivity index (χ1v) is 8.68. The standard InChI is InChI=1S/C17H32N4O/c1-3-11-21-12-7-15(8-13-21)20-16(18-2)19-14-17(22)9-5-4-6-10-17/h3,15,22H,1,4-14H2,2H3,(H2,18,19,20). The Hall–Kier alpha value is -1.07. The smallest absolute Gasteiger partial charge is 0.191 e. The maximum atomic E-state index is 10.6. The van der Waals surface area contributed by atoms with Crippen molar-refractivity contribution in [3.63, 3.8) is 0 Å². The summed E-state index contributed by atoms with van der Waals surface area (Å²) in [6.07, 6.45) is 9.53. The molecule has 1 saturated carbocycles. The Labute approximate surface area is 134 Å². The number of hydrogen-bond acceptors (Lipinski definition) is 3. The van der Waals surface area contributed by atoms with Gasteiger partial charge >= 0.3 is 0 Å². The molecule has 1 aliphatic heterocycles. The van der Waals surface area contributed by atoms with Gasteiger partial charge in [-0.2, -0.15) is 0 Å². The van der Waals surface area contributed by atoms with Gasteiger partial charge in [-0.15, -0.1) is 6.58 Å². The number of hydrogen-bond donors (Lipinski definition) is 3. The molecule has 22 heavy (non-hydrogen) atoms. The number of guanidine groups is 1. The van der Waals surface area contributed by atoms with Gasteiger partial charge in [0.2, 0.25) is 0 Å². The van der Waals surface area contributed by atoms with E-state index in [1.165, 1.54) is 6.42 Å². The fourth-order valence-corrected chi connectivity index (χ4v) is 3.47. The summed E-state index contributed by atoms with van der Waals surface area (Å²) >= 11 is 0. The molecule has 0 unspecified atom stereocenters. The molecular formula is C17H32N4O. The van der Waals surface area contributed by atoms with Gasteiger partial charge in [0.25, 0.3) is 0 Å². The predicted molar refractivity (Wildman–Crippen MR) is 92.2 cm³/mol. The predicted octanol–water partition coefficient (Wildman–Crippen LogP) is 1.50. The highest BCUT2D eigenvalue weighted by atomic mass is 16.3. The quantitative estimate of drug-likeness (QED) is 0.409. The van der Waals surface area contributed by atoms with Crippen LogP contribution in [0.2, 0.25) is 0 Å². The van der Waals surface area contributed by atoms with Crippen LogP contribution in [0.15, 0.2) is 17.6 Å². The molecule has 0 bridgehead atoms. The van der Waals surface area contributed by atoms with Crippen LogP contribution in [-0.4, -0.2) is 60.8 Å². The monoisotopic (exact) mass is 308 g/mol. The molecular weight excluding hydrogens is 276 g/mol. The van der Waals surface area contributed by atoms with Crippen molar-refractivity contribution in [2.24, 2.45) is 4.99 Å². The molecule has 2 rings (SSSR count). The molecule has 126 valence electrons. The lowest BCUT2D eigenvalue weighted by Gasteiger charge is -2.34. The second-order valence-electron chi connectivity index (χ2n) is 6.72. The van der Waals surface area contributed by atoms with Crippen LogP contribution in [0.4, 0.5) is 0 Å². The number of aliphatic hydroxyl groups is 1. The van der Waals surface area contributed by atoms with Gasteiger partial charge < -0.3 is 15.7 Å². The van der Waals surface area contributed by atoms with Gasteiger partial charge in [-0.3, -0.25) is 9.89 Å². The van der Waals surface area contributed by atoms with E-state index in [9.17, 15) is 5.11 Å². The minimum absolute atomic E-state index is 0.466. The second-order valence-corrected chi connectivity index (χ2v) is 6.72. The van der Waals surface area contributed by atoms with Crippen molar-refractivity contribution in [3.8, 4) is 0 Å². The maximum absolute atomic E-state index is 10.6. The molecule has 5 heteroatoms. The summed E-state index contributed by atoms with van der Waals surface area (Å²) in [7, 11) is 1.80. The molecule has 2 fully saturated rings. The summed E-state index contributed by atoms with van der Waals surface area (Å²) in [5.41, 5.74) is -0.552. The molecule has 0 aromatic rings. The van der Waals surface area contributed by atoms with Gasteiger partial charge in [-0.05, 0) is 25.7 Å². The normalized spacial score (nSPS) is 24.0. The van der Waals surface area contributed by atoms with Crippen LogP contribution < -0.4 is 10.6 Å². The molecule has 0 amide bonds. The van der Waals surface area contributed by atoms with Crippen molar-refractivity contribution >= 4 is 5.96 Å². The van der Waals surface area contributed by atoms with Crippen molar-refractivity contribution in [1.29, 1.82) is 0 Å². The van der Waals surface area contributed by atoms with E-state index in [-0.39, 0.29) is 0 Å². The third kappa shape index (κ3) is 5.29. The van der Waals surface area contributed by atoms with Gasteiger partial charge in [0.1, 0.15) is 0 Å². The highest BCUT2D eigenvalue weighted by Crippen LogP contribution is 2.27. The van der Waals surface area contributed by atoms with E-state index in [0.717, 1.165) is 64.1 Å². The molecule has 1 heterocycles. The van der Waals surface area contributed by atoms with E-state index in [1.807, 2.05) is 6.08 Å². The topological polar surface area (TPSA) is 59.9 Å². The minimum Gasteiger partial charge on any atom is -0.388 e. The summed E-state index contributed by atoms with van der Waals surface area (Å²) < 4.78 is 0. The summed E-state index contributed by atoms with van der Waals surface area (Å²) in [5, 5.41) is 17.4. The van der Waals surface area contributed by atoms with Gasteiger partial charge in [-0.25, -0.2) is 0 Å². The Balaban J connectivity index is 1.72. The van der Waals surface area contributed by atoms with E-state index in [0.29, 0.717) is 12.6 Å². The Kier molecular flexibility index (Phi) is 6.70. The zero-order valence-electron chi connectivity index (χ0n) is 14.0. The van der Waals surface area contributed by atoms with Gasteiger partial charge in [0, 0.05) is 39.3 Å². The fraction of sp³-hybridized carbons (Fsp3) is 0.824. The van der Waals surface area contributed by atoms with Gasteiger partial charge in [-0.1, -0.05) is 25.3 Å². The van der Waals surface area contributed by atoms with Gasteiger partial charge in [0.05, 0.1) is 5.60 Å². The van der Waals surface area contributed by atoms with Crippen molar-refractivity contribution in [1.82, 2.24) is 15.5 Å². The fourth-order valence-electron chi connectivity index (χ4n) is 3.47. The molecule has 0 aromatic heterocycles. The van der Waals surface area contributed by atoms with E-state index in [2.05, 4.69) is 27.1 Å². The van der Waals surface area contributed by atoms with Crippen LogP contribution in [0.25, 0.3) is 0 Å². The first kappa shape index (κ1) is 17.3. The number of rotatable bonds is 5. The van der Waals surface area contributed by atoms with E-state index in [4.69, 9.17) is 0 Å². The number of nitrogens with zero attached hydrogens (tertiary/aromatic N) is 2. The highest BCUT2D eigenvalue weighted by Gasteiger charge is 2.29. The van der Waals surface area contributed by atoms with Crippen LogP contribution in [0, 0.1) is 0 Å². The molecule has 0 atom stereocenters. The van der Waals surface area contributed by atoms with Crippen molar-refractivity contribution < 1.29 is 5.11 Å². The molecule has 1 aliphatic carbocycles. The Morgan fingerprint density at radius 2 is 2.00 bits per heavy atom. The summed E-state index contributed by atoms with van der Waals surface area (Å²) in [4.78, 5) is 6.73. The highest BCUT2D eigenvalue weighted by molar-refractivity contribution is 5.80. The van der Waals surface area contributed by atoms with E-state index < -0.39 is 5.60 Å². The SMILES string of the molecule is C=CCN1CCC(NC(=NC)NCC2(O)CCCCC2)CC1. The first-order chi connectivity index (χ1) is 10.6. The average Bonchev–Trinajstić information content (AvgIpc) is 2.54. The zero-order chi connectivity index (χ0) is 15.8. The second kappa shape index (κ2) is 8.53. The third-order valence-electron chi connectivity index (χ3n) is 4.91. The lowest BCUT2D eigenvalue weighted by molar-refractivity contribution is 0.00853. The first-order valence-electron chi connectivity index (χ1n) is 8.68. The van der Waals surface area contributed by atoms with E-state index in [1.54, 1.807) is 7.05 Å². The Morgan fingerprint density at radius 3 is 2.59 bits per heavy atom. The van der Waals surface area contributed by atoms with Crippen LogP contribution in [0.5, 0.6) is 0 Å². The number of aliphatic imine (C=N–C) groups is 1. The van der Waals surface area contributed by atoms with Gasteiger partial charge in [0.15, 0.2) is 5.96 Å². The number of piperidine rings is 1. The van der Waals surface area contributed by atoms with Crippen LogP contribution in [-0.2, 0) is 0 Å². The third-order valence-corrected chi connectivity index (χ3v) is 4.91. The maximum Gasteiger partial charge on any atom is 0.191 e. The van der Waals surface area contributed by atoms with Crippen LogP contribution in [0.3, 0.4) is 0 Å². The zero-order valence-corrected chi connectivity index (χ0v) is 14.0. The molecule has 3 N–H and O–H groups in total. The lowest BCUT2D eigenvalue weighted by Crippen LogP contribution is -2.52. The van der Waals surface area contributed by atoms with Crippen LogP contribution in [0.1, 0.15) is 44.9 Å². The van der Waals surface area contributed by atoms with Crippen molar-refractivity contribution in [3.05, 3.63) is 12.7 Å². The molecule has 0 spiro atoms. The van der Waals surface area contributed by atoms with Crippen molar-refractivity contribution in [2.45, 2.75) is 56.6 Å². The summed E-state index contributed by atoms with van der Waals surface area (Å²) in [6.45, 7) is 7.58. The van der Waals surface area contributed by atoms with Crippen LogP contribution >= 0.6 is 0 Å². The Bertz CT molecular complexity index is 369. The summed E-state index contributed by atoms with van der Waals surface area (Å²) in [5.74, 6) is 0.821. The molecule has 2 aliphatic rings. The molecule has 0 radical (unpaired) electrons. The molecule has 0 aromatic carbocycles. The average molecular weight is 308 g/mol. The van der Waals surface area contributed by atoms with Crippen molar-refractivity contribution in [2.75, 3.05) is 33.2 Å². The number of likely N-dealkylation sites (tertiary alicyclic amines) is 1.